The van der Waals surface area contributed by atoms with E-state index in [0.29, 0.717) is 31.3 Å². The molecule has 1 fully saturated rings. The molecule has 0 spiro atoms. The molecule has 110 valence electrons. The number of hydrogen-bond donors (Lipinski definition) is 0. The van der Waals surface area contributed by atoms with E-state index in [2.05, 4.69) is 0 Å². The summed E-state index contributed by atoms with van der Waals surface area (Å²) >= 11 is 0. The number of benzene rings is 1. The molecule has 0 saturated carbocycles. The second-order valence-electron chi connectivity index (χ2n) is 4.90. The smallest absolute Gasteiger partial charge is 0.339 e. The Labute approximate surface area is 114 Å². The van der Waals surface area contributed by atoms with Gasteiger partial charge in [-0.3, -0.25) is 4.79 Å². The van der Waals surface area contributed by atoms with Crippen molar-refractivity contribution in [2.75, 3.05) is 13.1 Å². The summed E-state index contributed by atoms with van der Waals surface area (Å²) in [5.41, 5.74) is -1.50. The molecular formula is C14H15F4NO. The molecule has 0 N–H and O–H groups in total. The second kappa shape index (κ2) is 5.81. The largest absolute Gasteiger partial charge is 0.416 e. The van der Waals surface area contributed by atoms with Gasteiger partial charge in [0, 0.05) is 13.1 Å². The van der Waals surface area contributed by atoms with Gasteiger partial charge in [0.05, 0.1) is 11.1 Å². The van der Waals surface area contributed by atoms with Crippen LogP contribution in [0, 0.1) is 5.82 Å². The predicted octanol–water partition coefficient (Wildman–Crippen LogP) is 3.86. The van der Waals surface area contributed by atoms with Gasteiger partial charge in [-0.1, -0.05) is 12.8 Å². The van der Waals surface area contributed by atoms with Crippen LogP contribution in [0.5, 0.6) is 0 Å². The van der Waals surface area contributed by atoms with Gasteiger partial charge in [-0.2, -0.15) is 13.2 Å². The van der Waals surface area contributed by atoms with E-state index in [0.717, 1.165) is 25.7 Å². The lowest BCUT2D eigenvalue weighted by molar-refractivity contribution is -0.137. The van der Waals surface area contributed by atoms with Crippen molar-refractivity contribution in [3.63, 3.8) is 0 Å². The molecule has 1 aromatic carbocycles. The molecule has 0 radical (unpaired) electrons. The highest BCUT2D eigenvalue weighted by atomic mass is 19.4. The second-order valence-corrected chi connectivity index (χ2v) is 4.90. The number of alkyl halides is 3. The van der Waals surface area contributed by atoms with E-state index in [4.69, 9.17) is 0 Å². The van der Waals surface area contributed by atoms with Crippen LogP contribution in [-0.2, 0) is 6.18 Å². The van der Waals surface area contributed by atoms with Gasteiger partial charge in [0.2, 0.25) is 0 Å². The molecular weight excluding hydrogens is 274 g/mol. The van der Waals surface area contributed by atoms with E-state index in [9.17, 15) is 22.4 Å². The fraction of sp³-hybridized carbons (Fsp3) is 0.500. The molecule has 1 saturated heterocycles. The Hall–Kier alpha value is -1.59. The Balaban J connectivity index is 2.28. The Morgan fingerprint density at radius 3 is 2.20 bits per heavy atom. The quantitative estimate of drug-likeness (QED) is 0.719. The molecule has 0 bridgehead atoms. The predicted molar refractivity (Wildman–Crippen MR) is 65.8 cm³/mol. The minimum atomic E-state index is -4.58. The fourth-order valence-corrected chi connectivity index (χ4v) is 2.31. The third-order valence-corrected chi connectivity index (χ3v) is 3.42. The summed E-state index contributed by atoms with van der Waals surface area (Å²) < 4.78 is 51.5. The zero-order chi connectivity index (χ0) is 14.8. The molecule has 0 atom stereocenters. The number of halogens is 4. The van der Waals surface area contributed by atoms with Crippen LogP contribution in [0.2, 0.25) is 0 Å². The third kappa shape index (κ3) is 3.29. The van der Waals surface area contributed by atoms with Gasteiger partial charge in [-0.15, -0.1) is 0 Å². The van der Waals surface area contributed by atoms with Crippen LogP contribution in [-0.4, -0.2) is 23.9 Å². The number of nitrogens with zero attached hydrogens (tertiary/aromatic N) is 1. The first-order valence-corrected chi connectivity index (χ1v) is 6.55. The van der Waals surface area contributed by atoms with E-state index in [1.54, 1.807) is 0 Å². The lowest BCUT2D eigenvalue weighted by atomic mass is 10.1. The topological polar surface area (TPSA) is 20.3 Å². The number of carbonyl (C=O) groups is 1. The Morgan fingerprint density at radius 1 is 1.05 bits per heavy atom. The minimum absolute atomic E-state index is 0.467. The maximum Gasteiger partial charge on any atom is 0.416 e. The van der Waals surface area contributed by atoms with Crippen molar-refractivity contribution >= 4 is 5.91 Å². The van der Waals surface area contributed by atoms with Crippen LogP contribution in [0.25, 0.3) is 0 Å². The van der Waals surface area contributed by atoms with Crippen molar-refractivity contribution in [1.82, 2.24) is 4.90 Å². The average Bonchev–Trinajstić information content (AvgIpc) is 2.66. The maximum absolute atomic E-state index is 13.6. The molecule has 0 aliphatic carbocycles. The summed E-state index contributed by atoms with van der Waals surface area (Å²) in [5, 5.41) is 0. The standard InChI is InChI=1S/C14H15F4NO/c15-12-6-5-10(14(16,17)18)9-11(12)13(20)19-7-3-1-2-4-8-19/h5-6,9H,1-4,7-8H2. The Bertz CT molecular complexity index is 490. The molecule has 1 amide bonds. The van der Waals surface area contributed by atoms with Crippen molar-refractivity contribution in [3.8, 4) is 0 Å². The molecule has 20 heavy (non-hydrogen) atoms. The average molecular weight is 289 g/mol. The van der Waals surface area contributed by atoms with Crippen LogP contribution in [0.1, 0.15) is 41.6 Å². The lowest BCUT2D eigenvalue weighted by Crippen LogP contribution is -2.32. The van der Waals surface area contributed by atoms with Crippen LogP contribution in [0.4, 0.5) is 17.6 Å². The first-order valence-electron chi connectivity index (χ1n) is 6.55. The molecule has 6 heteroatoms. The third-order valence-electron chi connectivity index (χ3n) is 3.42. The maximum atomic E-state index is 13.6. The highest BCUT2D eigenvalue weighted by Gasteiger charge is 2.32. The molecule has 1 heterocycles. The van der Waals surface area contributed by atoms with E-state index in [-0.39, 0.29) is 0 Å². The highest BCUT2D eigenvalue weighted by Crippen LogP contribution is 2.30. The normalized spacial score (nSPS) is 16.9. The zero-order valence-electron chi connectivity index (χ0n) is 10.8. The Morgan fingerprint density at radius 2 is 1.65 bits per heavy atom. The SMILES string of the molecule is O=C(c1cc(C(F)(F)F)ccc1F)N1CCCCCC1. The van der Waals surface area contributed by atoms with Crippen molar-refractivity contribution in [1.29, 1.82) is 0 Å². The van der Waals surface area contributed by atoms with Crippen LogP contribution in [0.15, 0.2) is 18.2 Å². The summed E-state index contributed by atoms with van der Waals surface area (Å²) in [6, 6.07) is 1.95. The molecule has 0 unspecified atom stereocenters. The molecule has 2 nitrogen and oxygen atoms in total. The lowest BCUT2D eigenvalue weighted by Gasteiger charge is -2.21. The highest BCUT2D eigenvalue weighted by molar-refractivity contribution is 5.94. The molecule has 1 aliphatic heterocycles. The summed E-state index contributed by atoms with van der Waals surface area (Å²) in [6.07, 6.45) is -1.02. The first kappa shape index (κ1) is 14.8. The molecule has 1 aliphatic rings. The number of hydrogen-bond acceptors (Lipinski definition) is 1. The Kier molecular flexibility index (Phi) is 4.30. The van der Waals surface area contributed by atoms with Crippen molar-refractivity contribution < 1.29 is 22.4 Å². The van der Waals surface area contributed by atoms with E-state index in [1.165, 1.54) is 4.90 Å². The van der Waals surface area contributed by atoms with Gasteiger partial charge in [-0.05, 0) is 31.0 Å². The van der Waals surface area contributed by atoms with Crippen molar-refractivity contribution in [2.45, 2.75) is 31.9 Å². The van der Waals surface area contributed by atoms with Crippen LogP contribution < -0.4 is 0 Å². The van der Waals surface area contributed by atoms with Gasteiger partial charge >= 0.3 is 6.18 Å². The van der Waals surface area contributed by atoms with Crippen LogP contribution >= 0.6 is 0 Å². The minimum Gasteiger partial charge on any atom is -0.339 e. The summed E-state index contributed by atoms with van der Waals surface area (Å²) in [5.74, 6) is -1.57. The zero-order valence-corrected chi connectivity index (χ0v) is 10.8. The van der Waals surface area contributed by atoms with Crippen LogP contribution in [0.3, 0.4) is 0 Å². The molecule has 1 aromatic rings. The fourth-order valence-electron chi connectivity index (χ4n) is 2.31. The van der Waals surface area contributed by atoms with Crippen molar-refractivity contribution in [2.24, 2.45) is 0 Å². The van der Waals surface area contributed by atoms with E-state index in [1.807, 2.05) is 0 Å². The number of rotatable bonds is 1. The first-order chi connectivity index (χ1) is 9.39. The number of amides is 1. The van der Waals surface area contributed by atoms with Crippen molar-refractivity contribution in [3.05, 3.63) is 35.1 Å². The van der Waals surface area contributed by atoms with Gasteiger partial charge in [0.15, 0.2) is 0 Å². The summed E-state index contributed by atoms with van der Waals surface area (Å²) in [7, 11) is 0. The summed E-state index contributed by atoms with van der Waals surface area (Å²) in [6.45, 7) is 0.934. The van der Waals surface area contributed by atoms with Gasteiger partial charge < -0.3 is 4.90 Å². The van der Waals surface area contributed by atoms with E-state index >= 15 is 0 Å². The summed E-state index contributed by atoms with van der Waals surface area (Å²) in [4.78, 5) is 13.6. The van der Waals surface area contributed by atoms with E-state index < -0.39 is 29.0 Å². The number of carbonyl (C=O) groups excluding carboxylic acids is 1. The monoisotopic (exact) mass is 289 g/mol. The number of likely N-dealkylation sites (tertiary alicyclic amines) is 1. The van der Waals surface area contributed by atoms with Gasteiger partial charge in [0.25, 0.3) is 5.91 Å². The molecule has 0 aromatic heterocycles. The van der Waals surface area contributed by atoms with Gasteiger partial charge in [0.1, 0.15) is 5.82 Å². The van der Waals surface area contributed by atoms with Gasteiger partial charge in [-0.25, -0.2) is 4.39 Å². The molecule has 2 rings (SSSR count).